The van der Waals surface area contributed by atoms with Crippen molar-refractivity contribution in [3.05, 3.63) is 41.7 Å². The second kappa shape index (κ2) is 6.83. The van der Waals surface area contributed by atoms with Crippen molar-refractivity contribution in [1.82, 2.24) is 9.97 Å². The fraction of sp³-hybridized carbons (Fsp3) is 0.312. The highest BCUT2D eigenvalue weighted by Crippen LogP contribution is 2.28. The van der Waals surface area contributed by atoms with E-state index in [1.807, 2.05) is 4.90 Å². The highest BCUT2D eigenvalue weighted by Gasteiger charge is 2.27. The molecule has 1 aliphatic heterocycles. The van der Waals surface area contributed by atoms with Crippen molar-refractivity contribution in [2.45, 2.75) is 12.8 Å². The normalized spacial score (nSPS) is 17.8. The van der Waals surface area contributed by atoms with Crippen LogP contribution in [0.2, 0.25) is 5.02 Å². The molecule has 0 bridgehead atoms. The molecule has 1 fully saturated rings. The van der Waals surface area contributed by atoms with E-state index in [1.165, 1.54) is 12.1 Å². The molecule has 1 aromatic carbocycles. The van der Waals surface area contributed by atoms with Crippen molar-refractivity contribution >= 4 is 29.1 Å². The van der Waals surface area contributed by atoms with Gasteiger partial charge in [0.2, 0.25) is 11.9 Å². The summed E-state index contributed by atoms with van der Waals surface area (Å²) < 4.78 is 0. The largest absolute Gasteiger partial charge is 0.506 e. The van der Waals surface area contributed by atoms with E-state index in [0.29, 0.717) is 23.2 Å². The zero-order chi connectivity index (χ0) is 16.2. The number of carbonyl (C=O) groups is 1. The van der Waals surface area contributed by atoms with Crippen LogP contribution in [-0.2, 0) is 4.79 Å². The lowest BCUT2D eigenvalue weighted by Crippen LogP contribution is -2.41. The van der Waals surface area contributed by atoms with E-state index >= 15 is 0 Å². The molecule has 0 spiro atoms. The van der Waals surface area contributed by atoms with Gasteiger partial charge in [0.1, 0.15) is 5.75 Å². The molecule has 0 saturated carbocycles. The van der Waals surface area contributed by atoms with Crippen LogP contribution in [0.25, 0.3) is 0 Å². The molecule has 1 amide bonds. The number of hydrogen-bond donors (Lipinski definition) is 2. The van der Waals surface area contributed by atoms with Gasteiger partial charge in [0.25, 0.3) is 0 Å². The smallest absolute Gasteiger partial charge is 0.229 e. The number of hydrogen-bond acceptors (Lipinski definition) is 5. The predicted octanol–water partition coefficient (Wildman–Crippen LogP) is 2.69. The summed E-state index contributed by atoms with van der Waals surface area (Å²) in [6.07, 6.45) is 5.06. The van der Waals surface area contributed by atoms with Crippen LogP contribution < -0.4 is 10.2 Å². The number of nitrogens with zero attached hydrogens (tertiary/aromatic N) is 3. The minimum atomic E-state index is -0.189. The third kappa shape index (κ3) is 3.71. The molecule has 0 unspecified atom stereocenters. The highest BCUT2D eigenvalue weighted by atomic mass is 35.5. The third-order valence-corrected chi connectivity index (χ3v) is 4.08. The lowest BCUT2D eigenvalue weighted by atomic mass is 9.97. The molecule has 1 aliphatic rings. The van der Waals surface area contributed by atoms with Crippen molar-refractivity contribution in [2.75, 3.05) is 23.3 Å². The minimum Gasteiger partial charge on any atom is -0.506 e. The SMILES string of the molecule is O=C(Nc1cc(Cl)ccc1O)[C@@H]1CCCN(c2ncccn2)C1. The van der Waals surface area contributed by atoms with E-state index in [-0.39, 0.29) is 17.6 Å². The maximum atomic E-state index is 12.5. The van der Waals surface area contributed by atoms with E-state index in [9.17, 15) is 9.90 Å². The number of nitrogens with one attached hydrogen (secondary N) is 1. The second-order valence-corrected chi connectivity index (χ2v) is 5.92. The Bertz CT molecular complexity index is 696. The molecule has 6 nitrogen and oxygen atoms in total. The van der Waals surface area contributed by atoms with Gasteiger partial charge in [-0.3, -0.25) is 4.79 Å². The van der Waals surface area contributed by atoms with Crippen LogP contribution in [0.4, 0.5) is 11.6 Å². The van der Waals surface area contributed by atoms with Crippen LogP contribution in [0.1, 0.15) is 12.8 Å². The molecule has 2 N–H and O–H groups in total. The maximum absolute atomic E-state index is 12.5. The van der Waals surface area contributed by atoms with Gasteiger partial charge >= 0.3 is 0 Å². The molecule has 3 rings (SSSR count). The van der Waals surface area contributed by atoms with Gasteiger partial charge in [-0.1, -0.05) is 11.6 Å². The number of aromatic nitrogens is 2. The fourth-order valence-electron chi connectivity index (χ4n) is 2.67. The summed E-state index contributed by atoms with van der Waals surface area (Å²) in [4.78, 5) is 22.9. The zero-order valence-corrected chi connectivity index (χ0v) is 13.2. The lowest BCUT2D eigenvalue weighted by molar-refractivity contribution is -0.120. The summed E-state index contributed by atoms with van der Waals surface area (Å²) in [5, 5.41) is 13.0. The average Bonchev–Trinajstić information content (AvgIpc) is 2.59. The van der Waals surface area contributed by atoms with Crippen molar-refractivity contribution in [3.63, 3.8) is 0 Å². The molecule has 120 valence electrons. The molecule has 1 atom stereocenters. The third-order valence-electron chi connectivity index (χ3n) is 3.84. The molecular weight excluding hydrogens is 316 g/mol. The Kier molecular flexibility index (Phi) is 4.62. The van der Waals surface area contributed by atoms with E-state index in [4.69, 9.17) is 11.6 Å². The fourth-order valence-corrected chi connectivity index (χ4v) is 2.84. The molecule has 2 aromatic rings. The topological polar surface area (TPSA) is 78.4 Å². The number of halogens is 1. The number of anilines is 2. The predicted molar refractivity (Wildman–Crippen MR) is 88.7 cm³/mol. The first kappa shape index (κ1) is 15.6. The Labute approximate surface area is 139 Å². The Morgan fingerprint density at radius 3 is 2.91 bits per heavy atom. The van der Waals surface area contributed by atoms with Crippen molar-refractivity contribution in [3.8, 4) is 5.75 Å². The number of phenols is 1. The quantitative estimate of drug-likeness (QED) is 0.845. The number of phenolic OH excluding ortho intramolecular Hbond substituents is 1. The molecule has 1 saturated heterocycles. The van der Waals surface area contributed by atoms with E-state index in [2.05, 4.69) is 15.3 Å². The Morgan fingerprint density at radius 2 is 2.13 bits per heavy atom. The first-order valence-corrected chi connectivity index (χ1v) is 7.82. The van der Waals surface area contributed by atoms with Gasteiger partial charge in [0, 0.05) is 30.5 Å². The number of amides is 1. The maximum Gasteiger partial charge on any atom is 0.229 e. The van der Waals surface area contributed by atoms with E-state index < -0.39 is 0 Å². The molecule has 0 radical (unpaired) electrons. The van der Waals surface area contributed by atoms with Crippen LogP contribution in [0, 0.1) is 5.92 Å². The Morgan fingerprint density at radius 1 is 1.35 bits per heavy atom. The highest BCUT2D eigenvalue weighted by molar-refractivity contribution is 6.31. The van der Waals surface area contributed by atoms with Gasteiger partial charge in [0.15, 0.2) is 0 Å². The summed E-state index contributed by atoms with van der Waals surface area (Å²) in [5.74, 6) is 0.312. The minimum absolute atomic E-state index is 0.00167. The first-order valence-electron chi connectivity index (χ1n) is 7.45. The van der Waals surface area contributed by atoms with E-state index in [1.54, 1.807) is 24.5 Å². The van der Waals surface area contributed by atoms with Gasteiger partial charge in [-0.25, -0.2) is 9.97 Å². The molecule has 1 aromatic heterocycles. The summed E-state index contributed by atoms with van der Waals surface area (Å²) in [7, 11) is 0. The standard InChI is InChI=1S/C16H17ClN4O2/c17-12-4-5-14(22)13(9-12)20-15(23)11-3-1-8-21(10-11)16-18-6-2-7-19-16/h2,4-7,9,11,22H,1,3,8,10H2,(H,20,23)/t11-/m1/s1. The number of aromatic hydroxyl groups is 1. The molecule has 2 heterocycles. The molecule has 0 aliphatic carbocycles. The Balaban J connectivity index is 1.69. The van der Waals surface area contributed by atoms with Gasteiger partial charge in [-0.05, 0) is 37.1 Å². The van der Waals surface area contributed by atoms with Crippen LogP contribution in [-0.4, -0.2) is 34.1 Å². The summed E-state index contributed by atoms with van der Waals surface area (Å²) in [6, 6.07) is 6.33. The number of benzene rings is 1. The van der Waals surface area contributed by atoms with Gasteiger partial charge in [-0.15, -0.1) is 0 Å². The van der Waals surface area contributed by atoms with Crippen LogP contribution in [0.3, 0.4) is 0 Å². The van der Waals surface area contributed by atoms with Crippen molar-refractivity contribution < 1.29 is 9.90 Å². The van der Waals surface area contributed by atoms with Crippen molar-refractivity contribution in [1.29, 1.82) is 0 Å². The number of rotatable bonds is 3. The monoisotopic (exact) mass is 332 g/mol. The summed E-state index contributed by atoms with van der Waals surface area (Å²) in [5.41, 5.74) is 0.329. The van der Waals surface area contributed by atoms with Gasteiger partial charge in [0.05, 0.1) is 11.6 Å². The van der Waals surface area contributed by atoms with Crippen LogP contribution in [0.15, 0.2) is 36.7 Å². The van der Waals surface area contributed by atoms with Crippen LogP contribution in [0.5, 0.6) is 5.75 Å². The van der Waals surface area contributed by atoms with Gasteiger partial charge < -0.3 is 15.3 Å². The van der Waals surface area contributed by atoms with Crippen molar-refractivity contribution in [2.24, 2.45) is 5.92 Å². The Hall–Kier alpha value is -2.34. The lowest BCUT2D eigenvalue weighted by Gasteiger charge is -2.31. The molecule has 7 heteroatoms. The summed E-state index contributed by atoms with van der Waals surface area (Å²) in [6.45, 7) is 1.38. The van der Waals surface area contributed by atoms with Gasteiger partial charge in [-0.2, -0.15) is 0 Å². The summed E-state index contributed by atoms with van der Waals surface area (Å²) >= 11 is 5.90. The average molecular weight is 333 g/mol. The number of carbonyl (C=O) groups excluding carboxylic acids is 1. The molecule has 23 heavy (non-hydrogen) atoms. The first-order chi connectivity index (χ1) is 11.1. The molecular formula is C16H17ClN4O2. The zero-order valence-electron chi connectivity index (χ0n) is 12.4. The van der Waals surface area contributed by atoms with E-state index in [0.717, 1.165) is 19.4 Å². The second-order valence-electron chi connectivity index (χ2n) is 5.48. The number of piperidine rings is 1. The van der Waals surface area contributed by atoms with Crippen LogP contribution >= 0.6 is 11.6 Å².